The van der Waals surface area contributed by atoms with Crippen molar-refractivity contribution in [3.05, 3.63) is 44.9 Å². The number of hydrogen-bond donors (Lipinski definition) is 1. The first-order chi connectivity index (χ1) is 13.0. The van der Waals surface area contributed by atoms with Gasteiger partial charge >= 0.3 is 0 Å². The Kier molecular flexibility index (Phi) is 3.79. The highest BCUT2D eigenvalue weighted by atomic mass is 32.1. The van der Waals surface area contributed by atoms with Crippen LogP contribution in [0.4, 0.5) is 0 Å². The summed E-state index contributed by atoms with van der Waals surface area (Å²) in [4.78, 5) is 18.9. The van der Waals surface area contributed by atoms with Crippen molar-refractivity contribution in [3.8, 4) is 5.75 Å². The summed E-state index contributed by atoms with van der Waals surface area (Å²) in [7, 11) is 1.99. The number of carbonyl (C=O) groups excluding carboxylic acids is 1. The van der Waals surface area contributed by atoms with Crippen LogP contribution in [0.3, 0.4) is 0 Å². The molecule has 1 saturated carbocycles. The molecule has 1 aliphatic carbocycles. The quantitative estimate of drug-likeness (QED) is 0.739. The first-order valence-electron chi connectivity index (χ1n) is 9.53. The fourth-order valence-corrected chi connectivity index (χ4v) is 4.88. The second-order valence-corrected chi connectivity index (χ2v) is 8.63. The minimum Gasteiger partial charge on any atom is -0.482 e. The molecule has 0 spiro atoms. The molecular weight excluding hydrogens is 358 g/mol. The Morgan fingerprint density at radius 1 is 1.33 bits per heavy atom. The number of thiophene rings is 1. The first-order valence-corrected chi connectivity index (χ1v) is 10.4. The van der Waals surface area contributed by atoms with Crippen LogP contribution in [0.15, 0.2) is 17.5 Å². The van der Waals surface area contributed by atoms with Gasteiger partial charge in [-0.3, -0.25) is 4.79 Å². The van der Waals surface area contributed by atoms with E-state index >= 15 is 0 Å². The predicted molar refractivity (Wildman–Crippen MR) is 107 cm³/mol. The molecule has 1 amide bonds. The van der Waals surface area contributed by atoms with Crippen molar-refractivity contribution in [2.45, 2.75) is 51.7 Å². The van der Waals surface area contributed by atoms with Crippen molar-refractivity contribution < 1.29 is 9.53 Å². The van der Waals surface area contributed by atoms with E-state index in [1.165, 1.54) is 10.4 Å². The molecule has 3 heterocycles. The van der Waals surface area contributed by atoms with Gasteiger partial charge in [-0.25, -0.2) is 4.98 Å². The van der Waals surface area contributed by atoms with E-state index in [1.54, 1.807) is 11.3 Å². The maximum absolute atomic E-state index is 12.9. The molecule has 5 rings (SSSR count). The molecule has 1 atom stereocenters. The zero-order valence-corrected chi connectivity index (χ0v) is 16.7. The summed E-state index contributed by atoms with van der Waals surface area (Å²) >= 11 is 1.74. The van der Waals surface area contributed by atoms with Gasteiger partial charge in [0.05, 0.1) is 5.52 Å². The van der Waals surface area contributed by atoms with Gasteiger partial charge in [-0.15, -0.1) is 11.3 Å². The molecule has 5 nitrogen and oxygen atoms in total. The first kappa shape index (κ1) is 16.8. The molecule has 2 aliphatic rings. The van der Waals surface area contributed by atoms with E-state index in [9.17, 15) is 4.79 Å². The smallest absolute Gasteiger partial charge is 0.251 e. The standard InChI is InChI=1S/C21H23N3O2S/c1-11-8-9-27-20(11)17-7-6-14-15(21(25)23-13-4-5-13)10-16-18(19(14)26-17)22-12(2)24(16)3/h8-10,13,17H,4-7H2,1-3H3,(H,23,25)/t17-/m0/s1. The zero-order valence-electron chi connectivity index (χ0n) is 15.8. The van der Waals surface area contributed by atoms with Crippen LogP contribution in [0.5, 0.6) is 5.75 Å². The number of rotatable bonds is 3. The van der Waals surface area contributed by atoms with E-state index in [0.29, 0.717) is 6.04 Å². The minimum atomic E-state index is 0.0175. The Morgan fingerprint density at radius 3 is 2.85 bits per heavy atom. The van der Waals surface area contributed by atoms with Crippen molar-refractivity contribution >= 4 is 28.3 Å². The Balaban J connectivity index is 1.64. The summed E-state index contributed by atoms with van der Waals surface area (Å²) in [5.74, 6) is 1.73. The highest BCUT2D eigenvalue weighted by Crippen LogP contribution is 2.43. The molecule has 140 valence electrons. The summed E-state index contributed by atoms with van der Waals surface area (Å²) in [5, 5.41) is 5.25. The van der Waals surface area contributed by atoms with Crippen LogP contribution in [0.25, 0.3) is 11.0 Å². The average molecular weight is 382 g/mol. The number of aryl methyl sites for hydroxylation is 3. The van der Waals surface area contributed by atoms with Crippen molar-refractivity contribution in [2.75, 3.05) is 0 Å². The lowest BCUT2D eigenvalue weighted by molar-refractivity contribution is 0.0947. The maximum Gasteiger partial charge on any atom is 0.251 e. The second kappa shape index (κ2) is 6.09. The van der Waals surface area contributed by atoms with Gasteiger partial charge in [0, 0.05) is 29.1 Å². The third kappa shape index (κ3) is 2.74. The Morgan fingerprint density at radius 2 is 2.15 bits per heavy atom. The molecule has 1 aromatic carbocycles. The lowest BCUT2D eigenvalue weighted by Gasteiger charge is -2.28. The van der Waals surface area contributed by atoms with Gasteiger partial charge in [0.25, 0.3) is 5.91 Å². The number of carbonyl (C=O) groups is 1. The van der Waals surface area contributed by atoms with Gasteiger partial charge < -0.3 is 14.6 Å². The van der Waals surface area contributed by atoms with Crippen molar-refractivity contribution in [1.82, 2.24) is 14.9 Å². The summed E-state index contributed by atoms with van der Waals surface area (Å²) < 4.78 is 8.54. The lowest BCUT2D eigenvalue weighted by Crippen LogP contribution is -2.28. The minimum absolute atomic E-state index is 0.0175. The fourth-order valence-electron chi connectivity index (χ4n) is 3.89. The molecule has 6 heteroatoms. The summed E-state index contributed by atoms with van der Waals surface area (Å²) in [5.41, 5.74) is 4.84. The van der Waals surface area contributed by atoms with E-state index in [1.807, 2.05) is 24.6 Å². The number of fused-ring (bicyclic) bond motifs is 3. The molecular formula is C21H23N3O2S. The highest BCUT2D eigenvalue weighted by Gasteiger charge is 2.32. The molecule has 0 radical (unpaired) electrons. The lowest BCUT2D eigenvalue weighted by atomic mass is 9.94. The van der Waals surface area contributed by atoms with Crippen LogP contribution >= 0.6 is 11.3 Å². The third-order valence-electron chi connectivity index (χ3n) is 5.73. The van der Waals surface area contributed by atoms with Gasteiger partial charge in [-0.1, -0.05) is 0 Å². The monoisotopic (exact) mass is 381 g/mol. The van der Waals surface area contributed by atoms with Crippen LogP contribution in [-0.4, -0.2) is 21.5 Å². The van der Waals surface area contributed by atoms with E-state index in [2.05, 4.69) is 23.7 Å². The van der Waals surface area contributed by atoms with Crippen molar-refractivity contribution in [2.24, 2.45) is 7.05 Å². The largest absolute Gasteiger partial charge is 0.482 e. The number of nitrogens with zero attached hydrogens (tertiary/aromatic N) is 2. The Labute approximate surface area is 162 Å². The van der Waals surface area contributed by atoms with Gasteiger partial charge in [0.2, 0.25) is 0 Å². The molecule has 1 fully saturated rings. The van der Waals surface area contributed by atoms with Crippen molar-refractivity contribution in [1.29, 1.82) is 0 Å². The number of amides is 1. The Hall–Kier alpha value is -2.34. The molecule has 0 saturated heterocycles. The number of ether oxygens (including phenoxy) is 1. The van der Waals surface area contributed by atoms with E-state index in [-0.39, 0.29) is 12.0 Å². The molecule has 27 heavy (non-hydrogen) atoms. The third-order valence-corrected chi connectivity index (χ3v) is 6.84. The highest BCUT2D eigenvalue weighted by molar-refractivity contribution is 7.10. The molecule has 1 aliphatic heterocycles. The average Bonchev–Trinajstić information content (AvgIpc) is 3.29. The molecule has 1 N–H and O–H groups in total. The molecule has 3 aromatic rings. The van der Waals surface area contributed by atoms with Crippen LogP contribution < -0.4 is 10.1 Å². The van der Waals surface area contributed by atoms with Crippen LogP contribution in [-0.2, 0) is 13.5 Å². The zero-order chi connectivity index (χ0) is 18.7. The number of nitrogens with one attached hydrogen (secondary N) is 1. The van der Waals surface area contributed by atoms with Crippen LogP contribution in [0.2, 0.25) is 0 Å². The summed E-state index contributed by atoms with van der Waals surface area (Å²) in [6.07, 6.45) is 3.91. The predicted octanol–water partition coefficient (Wildman–Crippen LogP) is 4.21. The van der Waals surface area contributed by atoms with Crippen molar-refractivity contribution in [3.63, 3.8) is 0 Å². The summed E-state index contributed by atoms with van der Waals surface area (Å²) in [6, 6.07) is 4.47. The molecule has 0 bridgehead atoms. The van der Waals surface area contributed by atoms with Gasteiger partial charge in [-0.05, 0) is 62.6 Å². The second-order valence-electron chi connectivity index (χ2n) is 7.68. The van der Waals surface area contributed by atoms with Gasteiger partial charge in [0.1, 0.15) is 17.4 Å². The van der Waals surface area contributed by atoms with Gasteiger partial charge in [-0.2, -0.15) is 0 Å². The number of aromatic nitrogens is 2. The molecule has 2 aromatic heterocycles. The van der Waals surface area contributed by atoms with E-state index in [0.717, 1.165) is 59.4 Å². The van der Waals surface area contributed by atoms with Gasteiger partial charge in [0.15, 0.2) is 5.75 Å². The SMILES string of the molecule is Cc1ccsc1[C@@H]1CCc2c(C(=O)NC3CC3)cc3c(nc(C)n3C)c2O1. The Bertz CT molecular complexity index is 1060. The van der Waals surface area contributed by atoms with E-state index < -0.39 is 0 Å². The number of hydrogen-bond acceptors (Lipinski definition) is 4. The normalized spacial score (nSPS) is 19.0. The van der Waals surface area contributed by atoms with Crippen LogP contribution in [0.1, 0.15) is 57.6 Å². The maximum atomic E-state index is 12.9. The van der Waals surface area contributed by atoms with E-state index in [4.69, 9.17) is 9.72 Å². The summed E-state index contributed by atoms with van der Waals surface area (Å²) in [6.45, 7) is 4.12. The number of imidazole rings is 1. The molecule has 0 unspecified atom stereocenters. The van der Waals surface area contributed by atoms with Crippen LogP contribution in [0, 0.1) is 13.8 Å². The fraction of sp³-hybridized carbons (Fsp3) is 0.429. The topological polar surface area (TPSA) is 56.2 Å². The number of benzene rings is 1.